The van der Waals surface area contributed by atoms with Crippen LogP contribution in [-0.4, -0.2) is 44.3 Å². The van der Waals surface area contributed by atoms with Gasteiger partial charge in [-0.1, -0.05) is 38.0 Å². The molecule has 1 saturated carbocycles. The van der Waals surface area contributed by atoms with Gasteiger partial charge < -0.3 is 9.88 Å². The van der Waals surface area contributed by atoms with Gasteiger partial charge in [-0.3, -0.25) is 9.69 Å². The van der Waals surface area contributed by atoms with Gasteiger partial charge in [0.1, 0.15) is 5.82 Å². The van der Waals surface area contributed by atoms with E-state index in [1.54, 1.807) is 0 Å². The van der Waals surface area contributed by atoms with Crippen LogP contribution in [0.25, 0.3) is 11.5 Å². The van der Waals surface area contributed by atoms with Gasteiger partial charge >= 0.3 is 0 Å². The average molecular weight is 446 g/mol. The number of carbonyl (C=O) groups excluding carboxylic acids is 1. The van der Waals surface area contributed by atoms with Gasteiger partial charge in [0.05, 0.1) is 11.9 Å². The van der Waals surface area contributed by atoms with Crippen LogP contribution in [0.1, 0.15) is 51.0 Å². The van der Waals surface area contributed by atoms with E-state index in [1.165, 1.54) is 24.8 Å². The lowest BCUT2D eigenvalue weighted by molar-refractivity contribution is -0.127. The lowest BCUT2D eigenvalue weighted by Gasteiger charge is -2.34. The third kappa shape index (κ3) is 4.91. The molecular formula is C27H35N5O. The summed E-state index contributed by atoms with van der Waals surface area (Å²) >= 11 is 0. The highest BCUT2D eigenvalue weighted by Crippen LogP contribution is 2.27. The van der Waals surface area contributed by atoms with Gasteiger partial charge in [0.15, 0.2) is 0 Å². The maximum absolute atomic E-state index is 12.9. The third-order valence-corrected chi connectivity index (χ3v) is 7.46. The summed E-state index contributed by atoms with van der Waals surface area (Å²) in [6, 6.07) is 14.7. The van der Waals surface area contributed by atoms with Crippen LogP contribution in [0.5, 0.6) is 0 Å². The second-order valence-electron chi connectivity index (χ2n) is 9.76. The van der Waals surface area contributed by atoms with Gasteiger partial charge in [0.2, 0.25) is 5.91 Å². The normalized spacial score (nSPS) is 22.3. The molecule has 2 aromatic heterocycles. The van der Waals surface area contributed by atoms with E-state index in [0.717, 1.165) is 50.4 Å². The predicted molar refractivity (Wildman–Crippen MR) is 130 cm³/mol. The van der Waals surface area contributed by atoms with Gasteiger partial charge in [0.25, 0.3) is 0 Å². The van der Waals surface area contributed by atoms with Crippen LogP contribution in [0.2, 0.25) is 0 Å². The Kier molecular flexibility index (Phi) is 6.63. The molecule has 2 atom stereocenters. The van der Waals surface area contributed by atoms with Crippen LogP contribution in [0.15, 0.2) is 61.1 Å². The molecule has 0 radical (unpaired) electrons. The van der Waals surface area contributed by atoms with Crippen molar-refractivity contribution in [3.63, 3.8) is 0 Å². The SMILES string of the molecule is C[C@@H]1CCCC[C@@H]1NC(=O)C1CCN(Cc2cnn(-c3ccccc3)c2-n2cccc2)CC1. The summed E-state index contributed by atoms with van der Waals surface area (Å²) in [5.74, 6) is 2.11. The number of amides is 1. The third-order valence-electron chi connectivity index (χ3n) is 7.46. The summed E-state index contributed by atoms with van der Waals surface area (Å²) in [5.41, 5.74) is 2.26. The van der Waals surface area contributed by atoms with Gasteiger partial charge in [-0.05, 0) is 69.0 Å². The molecule has 6 heteroatoms. The number of rotatable bonds is 6. The van der Waals surface area contributed by atoms with Gasteiger partial charge in [-0.2, -0.15) is 5.10 Å². The lowest BCUT2D eigenvalue weighted by atomic mass is 9.85. The van der Waals surface area contributed by atoms with Crippen molar-refractivity contribution in [1.82, 2.24) is 24.6 Å². The summed E-state index contributed by atoms with van der Waals surface area (Å²) < 4.78 is 4.15. The zero-order chi connectivity index (χ0) is 22.6. The van der Waals surface area contributed by atoms with E-state index in [-0.39, 0.29) is 11.8 Å². The number of piperidine rings is 1. The van der Waals surface area contributed by atoms with Crippen molar-refractivity contribution in [3.05, 3.63) is 66.6 Å². The summed E-state index contributed by atoms with van der Waals surface area (Å²) in [4.78, 5) is 15.4. The molecule has 0 unspecified atom stereocenters. The Bertz CT molecular complexity index is 1030. The number of nitrogens with zero attached hydrogens (tertiary/aromatic N) is 4. The fourth-order valence-corrected chi connectivity index (χ4v) is 5.42. The Hall–Kier alpha value is -2.86. The summed E-state index contributed by atoms with van der Waals surface area (Å²) in [6.45, 7) is 5.01. The topological polar surface area (TPSA) is 55.1 Å². The fourth-order valence-electron chi connectivity index (χ4n) is 5.42. The minimum atomic E-state index is 0.145. The summed E-state index contributed by atoms with van der Waals surface area (Å²) in [6.07, 6.45) is 12.9. The van der Waals surface area contributed by atoms with E-state index in [9.17, 15) is 4.79 Å². The monoisotopic (exact) mass is 445 g/mol. The van der Waals surface area contributed by atoms with E-state index < -0.39 is 0 Å². The fraction of sp³-hybridized carbons (Fsp3) is 0.481. The van der Waals surface area contributed by atoms with Crippen molar-refractivity contribution in [2.45, 2.75) is 58.0 Å². The molecule has 33 heavy (non-hydrogen) atoms. The number of para-hydroxylation sites is 1. The molecule has 2 fully saturated rings. The highest BCUT2D eigenvalue weighted by Gasteiger charge is 2.29. The number of carbonyl (C=O) groups is 1. The van der Waals surface area contributed by atoms with Crippen molar-refractivity contribution in [2.75, 3.05) is 13.1 Å². The lowest BCUT2D eigenvalue weighted by Crippen LogP contribution is -2.46. The Balaban J connectivity index is 1.24. The van der Waals surface area contributed by atoms with Crippen molar-refractivity contribution in [2.24, 2.45) is 11.8 Å². The molecular weight excluding hydrogens is 410 g/mol. The van der Waals surface area contributed by atoms with Crippen LogP contribution in [0.3, 0.4) is 0 Å². The van der Waals surface area contributed by atoms with E-state index in [4.69, 9.17) is 5.10 Å². The molecule has 1 N–H and O–H groups in total. The first-order valence-electron chi connectivity index (χ1n) is 12.5. The largest absolute Gasteiger partial charge is 0.353 e. The number of nitrogens with one attached hydrogen (secondary N) is 1. The first-order valence-corrected chi connectivity index (χ1v) is 12.5. The van der Waals surface area contributed by atoms with Crippen LogP contribution < -0.4 is 5.32 Å². The maximum atomic E-state index is 12.9. The number of benzene rings is 1. The minimum Gasteiger partial charge on any atom is -0.353 e. The second-order valence-corrected chi connectivity index (χ2v) is 9.76. The Morgan fingerprint density at radius 1 is 1.00 bits per heavy atom. The molecule has 1 aliphatic carbocycles. The Labute approximate surface area is 196 Å². The van der Waals surface area contributed by atoms with Crippen molar-refractivity contribution >= 4 is 5.91 Å². The molecule has 1 aromatic carbocycles. The quantitative estimate of drug-likeness (QED) is 0.605. The number of hydrogen-bond acceptors (Lipinski definition) is 3. The highest BCUT2D eigenvalue weighted by atomic mass is 16.2. The van der Waals surface area contributed by atoms with Gasteiger partial charge in [-0.15, -0.1) is 0 Å². The summed E-state index contributed by atoms with van der Waals surface area (Å²) in [5, 5.41) is 8.11. The first-order chi connectivity index (χ1) is 16.2. The molecule has 174 valence electrons. The van der Waals surface area contributed by atoms with Crippen LogP contribution in [-0.2, 0) is 11.3 Å². The van der Waals surface area contributed by atoms with Crippen LogP contribution >= 0.6 is 0 Å². The molecule has 3 aromatic rings. The van der Waals surface area contributed by atoms with Crippen LogP contribution in [0, 0.1) is 11.8 Å². The van der Waals surface area contributed by atoms with E-state index in [2.05, 4.69) is 46.2 Å². The Morgan fingerprint density at radius 2 is 1.73 bits per heavy atom. The van der Waals surface area contributed by atoms with Crippen molar-refractivity contribution < 1.29 is 4.79 Å². The molecule has 1 saturated heterocycles. The second kappa shape index (κ2) is 9.96. The van der Waals surface area contributed by atoms with Crippen molar-refractivity contribution in [3.8, 4) is 11.5 Å². The van der Waals surface area contributed by atoms with Gasteiger partial charge in [0, 0.05) is 36.5 Å². The zero-order valence-electron chi connectivity index (χ0n) is 19.6. The smallest absolute Gasteiger partial charge is 0.223 e. The molecule has 2 aliphatic rings. The molecule has 0 spiro atoms. The zero-order valence-corrected chi connectivity index (χ0v) is 19.6. The number of aromatic nitrogens is 3. The number of likely N-dealkylation sites (tertiary alicyclic amines) is 1. The average Bonchev–Trinajstić information content (AvgIpc) is 3.51. The minimum absolute atomic E-state index is 0.145. The first kappa shape index (κ1) is 22.0. The maximum Gasteiger partial charge on any atom is 0.223 e. The Morgan fingerprint density at radius 3 is 2.45 bits per heavy atom. The van der Waals surface area contributed by atoms with E-state index >= 15 is 0 Å². The molecule has 1 amide bonds. The molecule has 0 bridgehead atoms. The predicted octanol–water partition coefficient (Wildman–Crippen LogP) is 4.57. The molecule has 3 heterocycles. The van der Waals surface area contributed by atoms with Gasteiger partial charge in [-0.25, -0.2) is 4.68 Å². The van der Waals surface area contributed by atoms with E-state index in [1.807, 2.05) is 41.2 Å². The molecule has 1 aliphatic heterocycles. The molecule has 5 rings (SSSR count). The number of hydrogen-bond donors (Lipinski definition) is 1. The highest BCUT2D eigenvalue weighted by molar-refractivity contribution is 5.79. The standard InChI is InChI=1S/C27H35N5O/c1-21-9-5-6-12-25(21)29-26(33)22-13-17-30(18-14-22)20-23-19-28-32(24-10-3-2-4-11-24)27(23)31-15-7-8-16-31/h2-4,7-8,10-11,15-16,19,21-22,25H,5-6,9,12-14,17-18,20H2,1H3,(H,29,33)/t21-,25+/m1/s1. The van der Waals surface area contributed by atoms with E-state index in [0.29, 0.717) is 12.0 Å². The summed E-state index contributed by atoms with van der Waals surface area (Å²) in [7, 11) is 0. The molecule has 6 nitrogen and oxygen atoms in total. The van der Waals surface area contributed by atoms with Crippen LogP contribution in [0.4, 0.5) is 0 Å². The van der Waals surface area contributed by atoms with Crippen molar-refractivity contribution in [1.29, 1.82) is 0 Å².